The molecule has 6 heteroatoms. The number of rotatable bonds is 6. The van der Waals surface area contributed by atoms with E-state index in [-0.39, 0.29) is 6.54 Å². The van der Waals surface area contributed by atoms with Crippen molar-refractivity contribution >= 4 is 11.9 Å². The molecule has 1 aliphatic carbocycles. The molecule has 0 aromatic rings. The molecule has 0 spiro atoms. The molecule has 1 rings (SSSR count). The van der Waals surface area contributed by atoms with Crippen LogP contribution in [0.5, 0.6) is 0 Å². The van der Waals surface area contributed by atoms with Gasteiger partial charge in [0.15, 0.2) is 0 Å². The molecule has 16 heavy (non-hydrogen) atoms. The topological polar surface area (TPSA) is 98.7 Å². The van der Waals surface area contributed by atoms with Crippen LogP contribution in [0, 0.1) is 0 Å². The quantitative estimate of drug-likeness (QED) is 0.473. The van der Waals surface area contributed by atoms with Crippen molar-refractivity contribution in [1.29, 1.82) is 0 Å². The Balaban J connectivity index is 2.21. The summed E-state index contributed by atoms with van der Waals surface area (Å²) in [6, 6.07) is -0.846. The summed E-state index contributed by atoms with van der Waals surface area (Å²) >= 11 is 0. The van der Waals surface area contributed by atoms with E-state index in [1.807, 2.05) is 0 Å². The fraction of sp³-hybridized carbons (Fsp3) is 0.800. The van der Waals surface area contributed by atoms with Crippen LogP contribution in [0.15, 0.2) is 0 Å². The van der Waals surface area contributed by atoms with Crippen molar-refractivity contribution in [3.8, 4) is 0 Å². The molecule has 0 heterocycles. The zero-order valence-electron chi connectivity index (χ0n) is 9.11. The van der Waals surface area contributed by atoms with Crippen molar-refractivity contribution in [2.24, 2.45) is 0 Å². The second-order valence-corrected chi connectivity index (χ2v) is 4.00. The first-order valence-corrected chi connectivity index (χ1v) is 5.50. The molecule has 1 saturated carbocycles. The molecule has 0 bridgehead atoms. The smallest absolute Gasteiger partial charge is 0.328 e. The maximum absolute atomic E-state index is 11.3. The van der Waals surface area contributed by atoms with Gasteiger partial charge in [0.05, 0.1) is 13.2 Å². The second kappa shape index (κ2) is 6.44. The Kier molecular flexibility index (Phi) is 5.21. The van der Waals surface area contributed by atoms with Gasteiger partial charge in [-0.1, -0.05) is 12.8 Å². The number of carboxylic acids is 1. The van der Waals surface area contributed by atoms with Crippen molar-refractivity contribution in [2.45, 2.75) is 37.8 Å². The summed E-state index contributed by atoms with van der Waals surface area (Å²) in [5, 5.41) is 22.6. The molecule has 0 saturated heterocycles. The van der Waals surface area contributed by atoms with Crippen molar-refractivity contribution in [1.82, 2.24) is 10.6 Å². The van der Waals surface area contributed by atoms with Crippen LogP contribution in [0.1, 0.15) is 25.7 Å². The molecule has 0 aromatic carbocycles. The lowest BCUT2D eigenvalue weighted by Crippen LogP contribution is -2.47. The van der Waals surface area contributed by atoms with Crippen LogP contribution in [0.3, 0.4) is 0 Å². The zero-order chi connectivity index (χ0) is 12.0. The zero-order valence-corrected chi connectivity index (χ0v) is 9.11. The molecule has 1 atom stereocenters. The highest BCUT2D eigenvalue weighted by atomic mass is 16.4. The van der Waals surface area contributed by atoms with Gasteiger partial charge in [-0.2, -0.15) is 0 Å². The summed E-state index contributed by atoms with van der Waals surface area (Å²) in [6.07, 6.45) is 4.48. The minimum absolute atomic E-state index is 0.106. The number of amides is 1. The number of hydrogen-bond donors (Lipinski definition) is 4. The van der Waals surface area contributed by atoms with Gasteiger partial charge in [-0.3, -0.25) is 4.79 Å². The highest BCUT2D eigenvalue weighted by molar-refractivity contribution is 5.84. The molecule has 1 aliphatic rings. The van der Waals surface area contributed by atoms with Gasteiger partial charge in [0.2, 0.25) is 5.91 Å². The van der Waals surface area contributed by atoms with E-state index in [1.165, 1.54) is 12.8 Å². The Morgan fingerprint density at radius 2 is 1.94 bits per heavy atom. The standard InChI is InChI=1S/C10H18N2O4/c13-6-8(10(15)16)12-9(14)5-11-7-3-1-2-4-7/h7-8,11,13H,1-6H2,(H,12,14)(H,15,16). The summed E-state index contributed by atoms with van der Waals surface area (Å²) in [6.45, 7) is -0.487. The number of nitrogens with one attached hydrogen (secondary N) is 2. The molecule has 1 unspecified atom stereocenters. The van der Waals surface area contributed by atoms with Gasteiger partial charge in [0, 0.05) is 6.04 Å². The molecule has 1 fully saturated rings. The number of aliphatic hydroxyl groups excluding tert-OH is 1. The van der Waals surface area contributed by atoms with Crippen molar-refractivity contribution in [2.75, 3.05) is 13.2 Å². The average molecular weight is 230 g/mol. The van der Waals surface area contributed by atoms with E-state index in [4.69, 9.17) is 10.2 Å². The van der Waals surface area contributed by atoms with Crippen LogP contribution in [-0.4, -0.2) is 47.3 Å². The van der Waals surface area contributed by atoms with E-state index >= 15 is 0 Å². The van der Waals surface area contributed by atoms with Gasteiger partial charge < -0.3 is 20.8 Å². The molecule has 0 aromatic heterocycles. The molecule has 0 aliphatic heterocycles. The van der Waals surface area contributed by atoms with E-state index in [0.29, 0.717) is 6.04 Å². The first-order valence-electron chi connectivity index (χ1n) is 5.50. The lowest BCUT2D eigenvalue weighted by molar-refractivity contribution is -0.142. The Hall–Kier alpha value is -1.14. The number of hydrogen-bond acceptors (Lipinski definition) is 4. The van der Waals surface area contributed by atoms with Gasteiger partial charge in [-0.15, -0.1) is 0 Å². The van der Waals surface area contributed by atoms with Crippen LogP contribution in [-0.2, 0) is 9.59 Å². The molecule has 1 amide bonds. The van der Waals surface area contributed by atoms with E-state index < -0.39 is 24.5 Å². The minimum atomic E-state index is -1.23. The summed E-state index contributed by atoms with van der Waals surface area (Å²) < 4.78 is 0. The molecule has 6 nitrogen and oxygen atoms in total. The molecular formula is C10H18N2O4. The van der Waals surface area contributed by atoms with E-state index in [2.05, 4.69) is 10.6 Å². The van der Waals surface area contributed by atoms with Crippen LogP contribution in [0.4, 0.5) is 0 Å². The SMILES string of the molecule is O=C(CNC1CCCC1)NC(CO)C(=O)O. The van der Waals surface area contributed by atoms with Crippen LogP contribution < -0.4 is 10.6 Å². The predicted molar refractivity (Wildman–Crippen MR) is 56.9 cm³/mol. The molecular weight excluding hydrogens is 212 g/mol. The first kappa shape index (κ1) is 12.9. The molecule has 92 valence electrons. The Bertz CT molecular complexity index is 251. The van der Waals surface area contributed by atoms with E-state index in [9.17, 15) is 9.59 Å². The maximum atomic E-state index is 11.3. The van der Waals surface area contributed by atoms with Crippen LogP contribution in [0.25, 0.3) is 0 Å². The van der Waals surface area contributed by atoms with Gasteiger partial charge in [-0.05, 0) is 12.8 Å². The summed E-state index contributed by atoms with van der Waals surface area (Å²) in [7, 11) is 0. The summed E-state index contributed by atoms with van der Waals surface area (Å²) in [5.74, 6) is -1.62. The van der Waals surface area contributed by atoms with Crippen molar-refractivity contribution in [3.63, 3.8) is 0 Å². The number of carbonyl (C=O) groups excluding carboxylic acids is 1. The fourth-order valence-corrected chi connectivity index (χ4v) is 1.80. The highest BCUT2D eigenvalue weighted by Crippen LogP contribution is 2.17. The Morgan fingerprint density at radius 1 is 1.31 bits per heavy atom. The minimum Gasteiger partial charge on any atom is -0.480 e. The highest BCUT2D eigenvalue weighted by Gasteiger charge is 2.20. The second-order valence-electron chi connectivity index (χ2n) is 4.00. The average Bonchev–Trinajstić information content (AvgIpc) is 2.75. The lowest BCUT2D eigenvalue weighted by atomic mass is 10.2. The first-order chi connectivity index (χ1) is 7.63. The van der Waals surface area contributed by atoms with Crippen molar-refractivity contribution in [3.05, 3.63) is 0 Å². The van der Waals surface area contributed by atoms with Crippen LogP contribution in [0.2, 0.25) is 0 Å². The van der Waals surface area contributed by atoms with Crippen molar-refractivity contribution < 1.29 is 19.8 Å². The van der Waals surface area contributed by atoms with Gasteiger partial charge >= 0.3 is 5.97 Å². The third-order valence-electron chi connectivity index (χ3n) is 2.72. The molecule has 4 N–H and O–H groups in total. The normalized spacial score (nSPS) is 18.3. The third kappa shape index (κ3) is 4.16. The van der Waals surface area contributed by atoms with Gasteiger partial charge in [-0.25, -0.2) is 4.79 Å². The Labute approximate surface area is 94.0 Å². The predicted octanol–water partition coefficient (Wildman–Crippen LogP) is -0.920. The van der Waals surface area contributed by atoms with Gasteiger partial charge in [0.25, 0.3) is 0 Å². The number of aliphatic carboxylic acids is 1. The lowest BCUT2D eigenvalue weighted by Gasteiger charge is -2.14. The van der Waals surface area contributed by atoms with Crippen LogP contribution >= 0.6 is 0 Å². The maximum Gasteiger partial charge on any atom is 0.328 e. The number of carbonyl (C=O) groups is 2. The fourth-order valence-electron chi connectivity index (χ4n) is 1.80. The van der Waals surface area contributed by atoms with E-state index in [0.717, 1.165) is 12.8 Å². The summed E-state index contributed by atoms with van der Waals surface area (Å²) in [4.78, 5) is 21.9. The molecule has 0 radical (unpaired) electrons. The third-order valence-corrected chi connectivity index (χ3v) is 2.72. The summed E-state index contributed by atoms with van der Waals surface area (Å²) in [5.41, 5.74) is 0. The number of carboxylic acid groups (broad SMARTS) is 1. The Morgan fingerprint density at radius 3 is 2.44 bits per heavy atom. The van der Waals surface area contributed by atoms with E-state index in [1.54, 1.807) is 0 Å². The monoisotopic (exact) mass is 230 g/mol. The number of aliphatic hydroxyl groups is 1. The van der Waals surface area contributed by atoms with Gasteiger partial charge in [0.1, 0.15) is 6.04 Å². The largest absolute Gasteiger partial charge is 0.480 e.